The van der Waals surface area contributed by atoms with Crippen LogP contribution in [-0.2, 0) is 13.0 Å². The van der Waals surface area contributed by atoms with Crippen molar-refractivity contribution in [1.82, 2.24) is 34.7 Å². The van der Waals surface area contributed by atoms with Crippen molar-refractivity contribution in [1.29, 1.82) is 0 Å². The molecule has 0 saturated carbocycles. The molecule has 3 aromatic heterocycles. The lowest BCUT2D eigenvalue weighted by Gasteiger charge is -2.10. The second-order valence-electron chi connectivity index (χ2n) is 8.39. The highest BCUT2D eigenvalue weighted by Gasteiger charge is 2.18. The summed E-state index contributed by atoms with van der Waals surface area (Å²) < 4.78 is 17.6. The van der Waals surface area contributed by atoms with Gasteiger partial charge in [0, 0.05) is 35.4 Å². The number of rotatable bonds is 8. The van der Waals surface area contributed by atoms with E-state index in [9.17, 15) is 9.18 Å². The predicted molar refractivity (Wildman–Crippen MR) is 136 cm³/mol. The first-order valence-electron chi connectivity index (χ1n) is 11.6. The number of pyridine rings is 1. The third-order valence-corrected chi connectivity index (χ3v) is 6.34. The number of halogens is 2. The number of aromatic nitrogens is 7. The number of hydrogen-bond acceptors (Lipinski definition) is 5. The molecule has 1 N–H and O–H groups in total. The van der Waals surface area contributed by atoms with Gasteiger partial charge in [0.2, 0.25) is 5.82 Å². The van der Waals surface area contributed by atoms with E-state index in [0.29, 0.717) is 18.8 Å². The Morgan fingerprint density at radius 1 is 1.08 bits per heavy atom. The molecule has 0 aliphatic rings. The van der Waals surface area contributed by atoms with Crippen LogP contribution in [0.2, 0.25) is 5.02 Å². The number of hydrogen-bond donors (Lipinski definition) is 1. The van der Waals surface area contributed by atoms with Gasteiger partial charge in [-0.05, 0) is 47.4 Å². The first kappa shape index (κ1) is 23.6. The predicted octanol–water partition coefficient (Wildman–Crippen LogP) is 5.06. The molecular weight excluding hydrogens is 481 g/mol. The Bertz CT molecular complexity index is 1520. The van der Waals surface area contributed by atoms with Crippen molar-refractivity contribution >= 4 is 11.6 Å². The van der Waals surface area contributed by atoms with Crippen molar-refractivity contribution < 1.29 is 4.39 Å². The van der Waals surface area contributed by atoms with E-state index in [1.165, 1.54) is 16.7 Å². The maximum Gasteiger partial charge on any atom is 0.333 e. The van der Waals surface area contributed by atoms with Crippen molar-refractivity contribution in [2.75, 3.05) is 0 Å². The van der Waals surface area contributed by atoms with Crippen molar-refractivity contribution in [3.8, 4) is 28.2 Å². The summed E-state index contributed by atoms with van der Waals surface area (Å²) in [6.07, 6.45) is 7.72. The van der Waals surface area contributed by atoms with Gasteiger partial charge in [-0.2, -0.15) is 5.21 Å². The monoisotopic (exact) mass is 503 g/mol. The Morgan fingerprint density at radius 3 is 2.64 bits per heavy atom. The number of imidazole rings is 1. The number of benzene rings is 2. The van der Waals surface area contributed by atoms with Crippen LogP contribution >= 0.6 is 11.6 Å². The number of tetrazole rings is 1. The van der Waals surface area contributed by atoms with Crippen LogP contribution in [-0.4, -0.2) is 34.7 Å². The second-order valence-corrected chi connectivity index (χ2v) is 8.79. The average molecular weight is 504 g/mol. The molecule has 3 heterocycles. The standard InChI is InChI=1S/C26H23ClFN7O/c1-2-3-5-19-16-35(24-22(27)6-4-7-23(24)28)26(36)34(19)15-17-8-10-18(11-9-17)21-14-29-13-12-20(21)25-30-32-33-31-25/h4,6-14,16H,2-3,5,15H2,1H3,(H,30,31,32,33). The molecule has 0 aliphatic heterocycles. The topological polar surface area (TPSA) is 94.3 Å². The third-order valence-electron chi connectivity index (χ3n) is 6.04. The van der Waals surface area contributed by atoms with E-state index in [-0.39, 0.29) is 16.4 Å². The number of unbranched alkanes of at least 4 members (excludes halogenated alkanes) is 1. The van der Waals surface area contributed by atoms with E-state index in [1.54, 1.807) is 29.2 Å². The molecule has 8 nitrogen and oxygen atoms in total. The summed E-state index contributed by atoms with van der Waals surface area (Å²) in [5.41, 5.74) is 4.11. The summed E-state index contributed by atoms with van der Waals surface area (Å²) in [7, 11) is 0. The highest BCUT2D eigenvalue weighted by atomic mass is 35.5. The van der Waals surface area contributed by atoms with Crippen LogP contribution in [0.1, 0.15) is 31.0 Å². The van der Waals surface area contributed by atoms with Gasteiger partial charge < -0.3 is 0 Å². The Labute approximate surface area is 211 Å². The van der Waals surface area contributed by atoms with Crippen molar-refractivity contribution in [3.63, 3.8) is 0 Å². The Hall–Kier alpha value is -4.11. The molecule has 0 bridgehead atoms. The van der Waals surface area contributed by atoms with Crippen LogP contribution in [0.15, 0.2) is 71.9 Å². The molecule has 0 fully saturated rings. The molecule has 5 rings (SSSR count). The minimum absolute atomic E-state index is 0.0709. The van der Waals surface area contributed by atoms with E-state index >= 15 is 0 Å². The summed E-state index contributed by atoms with van der Waals surface area (Å²) >= 11 is 6.26. The molecule has 10 heteroatoms. The zero-order valence-electron chi connectivity index (χ0n) is 19.5. The lowest BCUT2D eigenvalue weighted by atomic mass is 10.0. The zero-order chi connectivity index (χ0) is 25.1. The molecule has 0 unspecified atom stereocenters. The van der Waals surface area contributed by atoms with Gasteiger partial charge in [0.05, 0.1) is 11.6 Å². The minimum atomic E-state index is -0.540. The lowest BCUT2D eigenvalue weighted by Crippen LogP contribution is -2.25. The van der Waals surface area contributed by atoms with Crippen LogP contribution in [0.5, 0.6) is 0 Å². The van der Waals surface area contributed by atoms with Crippen molar-refractivity contribution in [2.24, 2.45) is 0 Å². The molecule has 0 aliphatic carbocycles. The van der Waals surface area contributed by atoms with Gasteiger partial charge in [-0.25, -0.2) is 9.18 Å². The normalized spacial score (nSPS) is 11.2. The molecule has 182 valence electrons. The fraction of sp³-hybridized carbons (Fsp3) is 0.192. The van der Waals surface area contributed by atoms with Gasteiger partial charge >= 0.3 is 5.69 Å². The molecule has 0 saturated heterocycles. The summed E-state index contributed by atoms with van der Waals surface area (Å²) in [5.74, 6) is -0.0567. The number of aromatic amines is 1. The van der Waals surface area contributed by atoms with E-state index < -0.39 is 5.82 Å². The number of nitrogens with zero attached hydrogens (tertiary/aromatic N) is 6. The van der Waals surface area contributed by atoms with E-state index in [0.717, 1.165) is 40.8 Å². The quantitative estimate of drug-likeness (QED) is 0.319. The SMILES string of the molecule is CCCCc1cn(-c2c(F)cccc2Cl)c(=O)n1Cc1ccc(-c2cnccc2-c2nn[nH]n2)cc1. The Balaban J connectivity index is 1.49. The van der Waals surface area contributed by atoms with Crippen LogP contribution in [0.25, 0.3) is 28.2 Å². The zero-order valence-corrected chi connectivity index (χ0v) is 20.3. The fourth-order valence-electron chi connectivity index (χ4n) is 4.20. The highest BCUT2D eigenvalue weighted by molar-refractivity contribution is 6.32. The Kier molecular flexibility index (Phi) is 6.73. The number of nitrogens with one attached hydrogen (secondary N) is 1. The van der Waals surface area contributed by atoms with E-state index in [1.807, 2.05) is 30.3 Å². The lowest BCUT2D eigenvalue weighted by molar-refractivity contribution is 0.613. The summed E-state index contributed by atoms with van der Waals surface area (Å²) in [6, 6.07) is 14.1. The molecule has 0 radical (unpaired) electrons. The maximum atomic E-state index is 14.6. The van der Waals surface area contributed by atoms with Crippen LogP contribution < -0.4 is 5.69 Å². The summed E-state index contributed by atoms with van der Waals surface area (Å²) in [5, 5.41) is 14.5. The maximum absolute atomic E-state index is 14.6. The molecule has 0 atom stereocenters. The van der Waals surface area contributed by atoms with Gasteiger partial charge in [0.15, 0.2) is 0 Å². The van der Waals surface area contributed by atoms with Crippen LogP contribution in [0.4, 0.5) is 4.39 Å². The molecule has 5 aromatic rings. The van der Waals surface area contributed by atoms with E-state index in [2.05, 4.69) is 32.5 Å². The van der Waals surface area contributed by atoms with E-state index in [4.69, 9.17) is 11.6 Å². The first-order chi connectivity index (χ1) is 17.6. The summed E-state index contributed by atoms with van der Waals surface area (Å²) in [4.78, 5) is 17.6. The summed E-state index contributed by atoms with van der Waals surface area (Å²) in [6.45, 7) is 2.44. The van der Waals surface area contributed by atoms with Crippen LogP contribution in [0, 0.1) is 5.82 Å². The van der Waals surface area contributed by atoms with Gasteiger partial charge in [0.1, 0.15) is 11.5 Å². The highest BCUT2D eigenvalue weighted by Crippen LogP contribution is 2.29. The second kappa shape index (κ2) is 10.2. The largest absolute Gasteiger partial charge is 0.333 e. The first-order valence-corrected chi connectivity index (χ1v) is 12.0. The fourth-order valence-corrected chi connectivity index (χ4v) is 4.45. The van der Waals surface area contributed by atoms with Gasteiger partial charge in [-0.15, -0.1) is 10.2 Å². The van der Waals surface area contributed by atoms with Gasteiger partial charge in [-0.1, -0.05) is 55.3 Å². The molecule has 36 heavy (non-hydrogen) atoms. The smallest absolute Gasteiger partial charge is 0.292 e. The number of aryl methyl sites for hydroxylation is 1. The molecular formula is C26H23ClFN7O. The number of H-pyrrole nitrogens is 1. The average Bonchev–Trinajstić information content (AvgIpc) is 3.53. The molecule has 2 aromatic carbocycles. The number of para-hydroxylation sites is 1. The Morgan fingerprint density at radius 2 is 1.92 bits per heavy atom. The minimum Gasteiger partial charge on any atom is -0.292 e. The van der Waals surface area contributed by atoms with Gasteiger partial charge in [-0.3, -0.25) is 14.1 Å². The van der Waals surface area contributed by atoms with Gasteiger partial charge in [0.25, 0.3) is 0 Å². The third kappa shape index (κ3) is 4.57. The molecule has 0 spiro atoms. The molecule has 0 amide bonds. The van der Waals surface area contributed by atoms with Crippen molar-refractivity contribution in [2.45, 2.75) is 32.7 Å². The van der Waals surface area contributed by atoms with Crippen LogP contribution in [0.3, 0.4) is 0 Å². The van der Waals surface area contributed by atoms with Crippen molar-refractivity contribution in [3.05, 3.63) is 99.7 Å².